The molecule has 5 nitrogen and oxygen atoms in total. The summed E-state index contributed by atoms with van der Waals surface area (Å²) in [5.74, 6) is 0.910. The van der Waals surface area contributed by atoms with E-state index in [2.05, 4.69) is 36.1 Å². The van der Waals surface area contributed by atoms with Crippen LogP contribution in [0.3, 0.4) is 0 Å². The molecule has 1 rings (SSSR count). The van der Waals surface area contributed by atoms with Gasteiger partial charge in [-0.15, -0.1) is 0 Å². The minimum Gasteiger partial charge on any atom is -0.491 e. The third kappa shape index (κ3) is 16.6. The van der Waals surface area contributed by atoms with Crippen LogP contribution in [0.1, 0.15) is 57.4 Å². The van der Waals surface area contributed by atoms with E-state index in [0.717, 1.165) is 25.3 Å². The molecule has 0 heterocycles. The van der Waals surface area contributed by atoms with Gasteiger partial charge < -0.3 is 23.8 Å². The van der Waals surface area contributed by atoms with Crippen molar-refractivity contribution in [3.05, 3.63) is 29.8 Å². The van der Waals surface area contributed by atoms with Gasteiger partial charge in [-0.1, -0.05) is 57.6 Å². The molecule has 5 heteroatoms. The lowest BCUT2D eigenvalue weighted by Gasteiger charge is -2.10. The molecule has 0 saturated heterocycles. The Balaban J connectivity index is 1.90. The minimum atomic E-state index is 0.560. The van der Waals surface area contributed by atoms with Gasteiger partial charge in [0.1, 0.15) is 12.4 Å². The fourth-order valence-corrected chi connectivity index (χ4v) is 3.05. The summed E-state index contributed by atoms with van der Waals surface area (Å²) in [7, 11) is 4.07. The maximum Gasteiger partial charge on any atom is 0.119 e. The first-order chi connectivity index (χ1) is 14.7. The van der Waals surface area contributed by atoms with Crippen LogP contribution in [0.4, 0.5) is 0 Å². The molecule has 0 saturated carbocycles. The second-order valence-corrected chi connectivity index (χ2v) is 8.00. The van der Waals surface area contributed by atoms with Crippen molar-refractivity contribution in [3.8, 4) is 5.75 Å². The summed E-state index contributed by atoms with van der Waals surface area (Å²) in [5, 5.41) is 0. The summed E-state index contributed by atoms with van der Waals surface area (Å²) >= 11 is 0. The molecular weight excluding hydrogens is 378 g/mol. The maximum absolute atomic E-state index is 5.74. The second-order valence-electron chi connectivity index (χ2n) is 8.00. The van der Waals surface area contributed by atoms with Gasteiger partial charge in [0, 0.05) is 6.54 Å². The van der Waals surface area contributed by atoms with Gasteiger partial charge in [-0.2, -0.15) is 0 Å². The molecule has 0 fully saturated rings. The van der Waals surface area contributed by atoms with Gasteiger partial charge >= 0.3 is 0 Å². The molecule has 0 aromatic heterocycles. The predicted molar refractivity (Wildman–Crippen MR) is 125 cm³/mol. The van der Waals surface area contributed by atoms with Gasteiger partial charge in [-0.05, 0) is 44.6 Å². The zero-order valence-corrected chi connectivity index (χ0v) is 19.7. The van der Waals surface area contributed by atoms with Crippen LogP contribution in [-0.2, 0) is 20.6 Å². The molecule has 1 aromatic rings. The van der Waals surface area contributed by atoms with Crippen molar-refractivity contribution in [1.82, 2.24) is 4.90 Å². The Hall–Kier alpha value is -1.14. The number of unbranched alkanes of at least 4 members (excludes halogenated alkanes) is 6. The maximum atomic E-state index is 5.74. The topological polar surface area (TPSA) is 40.2 Å². The number of nitrogens with zero attached hydrogens (tertiary/aromatic N) is 1. The van der Waals surface area contributed by atoms with Crippen LogP contribution in [-0.4, -0.2) is 71.8 Å². The quantitative estimate of drug-likeness (QED) is 0.261. The van der Waals surface area contributed by atoms with Crippen molar-refractivity contribution in [2.24, 2.45) is 0 Å². The van der Waals surface area contributed by atoms with Gasteiger partial charge in [-0.25, -0.2) is 0 Å². The Labute approximate surface area is 185 Å². The van der Waals surface area contributed by atoms with E-state index in [4.69, 9.17) is 18.9 Å². The molecule has 1 aromatic carbocycles. The third-order valence-electron chi connectivity index (χ3n) is 4.92. The highest BCUT2D eigenvalue weighted by Gasteiger charge is 1.98. The summed E-state index contributed by atoms with van der Waals surface area (Å²) in [4.78, 5) is 2.10. The fraction of sp³-hybridized carbons (Fsp3) is 0.760. The lowest BCUT2D eigenvalue weighted by Crippen LogP contribution is -2.19. The van der Waals surface area contributed by atoms with Crippen LogP contribution in [0, 0.1) is 0 Å². The first-order valence-corrected chi connectivity index (χ1v) is 11.8. The van der Waals surface area contributed by atoms with E-state index < -0.39 is 0 Å². The average molecular weight is 424 g/mol. The summed E-state index contributed by atoms with van der Waals surface area (Å²) in [6.07, 6.45) is 10.6. The average Bonchev–Trinajstić information content (AvgIpc) is 2.74. The molecule has 0 N–H and O–H groups in total. The number of hydrogen-bond acceptors (Lipinski definition) is 5. The van der Waals surface area contributed by atoms with Crippen LogP contribution >= 0.6 is 0 Å². The molecule has 0 atom stereocenters. The SMILES string of the molecule is CCCCCCCCCc1ccc(OCCOCCOCCOCCN(C)C)cc1. The van der Waals surface area contributed by atoms with Crippen LogP contribution in [0.5, 0.6) is 5.75 Å². The lowest BCUT2D eigenvalue weighted by molar-refractivity contribution is 0.00753. The molecule has 0 unspecified atom stereocenters. The van der Waals surface area contributed by atoms with Gasteiger partial charge in [0.05, 0.1) is 39.6 Å². The highest BCUT2D eigenvalue weighted by molar-refractivity contribution is 5.27. The largest absolute Gasteiger partial charge is 0.491 e. The van der Waals surface area contributed by atoms with Crippen molar-refractivity contribution in [1.29, 1.82) is 0 Å². The van der Waals surface area contributed by atoms with Crippen molar-refractivity contribution in [3.63, 3.8) is 0 Å². The van der Waals surface area contributed by atoms with Gasteiger partial charge in [-0.3, -0.25) is 0 Å². The van der Waals surface area contributed by atoms with Crippen molar-refractivity contribution < 1.29 is 18.9 Å². The second kappa shape index (κ2) is 19.8. The molecule has 0 spiro atoms. The monoisotopic (exact) mass is 423 g/mol. The summed E-state index contributed by atoms with van der Waals surface area (Å²) in [6, 6.07) is 8.50. The first-order valence-electron chi connectivity index (χ1n) is 11.8. The molecular formula is C25H45NO4. The predicted octanol–water partition coefficient (Wildman–Crippen LogP) is 4.97. The van der Waals surface area contributed by atoms with Crippen molar-refractivity contribution in [2.75, 3.05) is 66.9 Å². The Morgan fingerprint density at radius 3 is 1.77 bits per heavy atom. The van der Waals surface area contributed by atoms with Gasteiger partial charge in [0.15, 0.2) is 0 Å². The van der Waals surface area contributed by atoms with Crippen molar-refractivity contribution >= 4 is 0 Å². The number of aryl methyl sites for hydroxylation is 1. The number of benzene rings is 1. The fourth-order valence-electron chi connectivity index (χ4n) is 3.05. The highest BCUT2D eigenvalue weighted by Crippen LogP contribution is 2.15. The lowest BCUT2D eigenvalue weighted by atomic mass is 10.0. The number of ether oxygens (including phenoxy) is 4. The molecule has 0 aliphatic rings. The van der Waals surface area contributed by atoms with Crippen LogP contribution in [0.15, 0.2) is 24.3 Å². The molecule has 174 valence electrons. The van der Waals surface area contributed by atoms with E-state index in [1.165, 1.54) is 50.5 Å². The third-order valence-corrected chi connectivity index (χ3v) is 4.92. The molecule has 0 aliphatic carbocycles. The zero-order valence-electron chi connectivity index (χ0n) is 19.7. The molecule has 0 bridgehead atoms. The van der Waals surface area contributed by atoms with Gasteiger partial charge in [0.2, 0.25) is 0 Å². The van der Waals surface area contributed by atoms with E-state index >= 15 is 0 Å². The first kappa shape index (κ1) is 26.9. The van der Waals surface area contributed by atoms with E-state index in [0.29, 0.717) is 39.6 Å². The molecule has 0 amide bonds. The van der Waals surface area contributed by atoms with E-state index in [9.17, 15) is 0 Å². The number of likely N-dealkylation sites (N-methyl/N-ethyl adjacent to an activating group) is 1. The van der Waals surface area contributed by atoms with E-state index in [1.54, 1.807) is 0 Å². The van der Waals surface area contributed by atoms with Gasteiger partial charge in [0.25, 0.3) is 0 Å². The Morgan fingerprint density at radius 1 is 0.633 bits per heavy atom. The molecule has 30 heavy (non-hydrogen) atoms. The zero-order chi connectivity index (χ0) is 21.7. The summed E-state index contributed by atoms with van der Waals surface area (Å²) < 4.78 is 22.2. The Morgan fingerprint density at radius 2 is 1.17 bits per heavy atom. The molecule has 0 aliphatic heterocycles. The van der Waals surface area contributed by atoms with E-state index in [1.807, 2.05) is 14.1 Å². The number of hydrogen-bond donors (Lipinski definition) is 0. The van der Waals surface area contributed by atoms with Crippen LogP contribution < -0.4 is 4.74 Å². The van der Waals surface area contributed by atoms with E-state index in [-0.39, 0.29) is 0 Å². The summed E-state index contributed by atoms with van der Waals surface area (Å²) in [5.41, 5.74) is 1.40. The smallest absolute Gasteiger partial charge is 0.119 e. The van der Waals surface area contributed by atoms with Crippen LogP contribution in [0.2, 0.25) is 0 Å². The standard InChI is InChI=1S/C25H45NO4/c1-4-5-6-7-8-9-10-11-24-12-14-25(15-13-24)30-23-22-29-21-20-28-19-18-27-17-16-26(2)3/h12-15H,4-11,16-23H2,1-3H3. The van der Waals surface area contributed by atoms with Crippen molar-refractivity contribution in [2.45, 2.75) is 58.3 Å². The minimum absolute atomic E-state index is 0.560. The highest BCUT2D eigenvalue weighted by atomic mass is 16.6. The Kier molecular flexibility index (Phi) is 17.8. The van der Waals surface area contributed by atoms with Crippen LogP contribution in [0.25, 0.3) is 0 Å². The normalized spacial score (nSPS) is 11.3. The Bertz CT molecular complexity index is 479. The summed E-state index contributed by atoms with van der Waals surface area (Å²) in [6.45, 7) is 7.48. The molecule has 0 radical (unpaired) electrons. The number of rotatable bonds is 21.